The zero-order chi connectivity index (χ0) is 21.7. The second kappa shape index (κ2) is 6.06. The minimum atomic E-state index is -0.501. The number of Topliss-reactive ketones (excluding diaryl/α,β-unsaturated/α-hetero) is 1. The average molecular weight is 415 g/mol. The van der Waals surface area contributed by atoms with Crippen LogP contribution < -0.4 is 4.90 Å². The molecule has 4 aliphatic rings. The zero-order valence-electron chi connectivity index (χ0n) is 18.0. The van der Waals surface area contributed by atoms with Crippen molar-refractivity contribution >= 4 is 28.9 Å². The highest BCUT2D eigenvalue weighted by atomic mass is 16.3. The summed E-state index contributed by atoms with van der Waals surface area (Å²) in [7, 11) is 0. The van der Waals surface area contributed by atoms with Crippen LogP contribution in [0.25, 0.3) is 5.57 Å². The van der Waals surface area contributed by atoms with E-state index in [0.29, 0.717) is 28.7 Å². The van der Waals surface area contributed by atoms with Crippen LogP contribution in [0.5, 0.6) is 0 Å². The number of furan rings is 1. The molecule has 1 atom stereocenters. The highest BCUT2D eigenvalue weighted by molar-refractivity contribution is 6.32. The first-order valence-corrected chi connectivity index (χ1v) is 11.2. The molecule has 6 rings (SSSR count). The van der Waals surface area contributed by atoms with Crippen LogP contribution in [0.3, 0.4) is 0 Å². The third-order valence-corrected chi connectivity index (χ3v) is 8.31. The Hall–Kier alpha value is -2.95. The number of imide groups is 1. The van der Waals surface area contributed by atoms with E-state index in [1.807, 2.05) is 19.9 Å². The van der Waals surface area contributed by atoms with Crippen LogP contribution in [0.2, 0.25) is 0 Å². The molecule has 2 bridgehead atoms. The fourth-order valence-corrected chi connectivity index (χ4v) is 7.14. The number of anilines is 1. The Bertz CT molecular complexity index is 1200. The molecule has 158 valence electrons. The van der Waals surface area contributed by atoms with Gasteiger partial charge in [0.15, 0.2) is 5.78 Å². The largest absolute Gasteiger partial charge is 0.465 e. The molecular formula is C26H25NO4. The third kappa shape index (κ3) is 2.14. The maximum atomic E-state index is 14.0. The summed E-state index contributed by atoms with van der Waals surface area (Å²) >= 11 is 0. The Kier molecular flexibility index (Phi) is 3.67. The minimum Gasteiger partial charge on any atom is -0.465 e. The minimum absolute atomic E-state index is 0.0891. The van der Waals surface area contributed by atoms with E-state index < -0.39 is 11.3 Å². The number of hydrogen-bond donors (Lipinski definition) is 0. The van der Waals surface area contributed by atoms with Crippen LogP contribution >= 0.6 is 0 Å². The molecule has 1 unspecified atom stereocenters. The van der Waals surface area contributed by atoms with Gasteiger partial charge in [0.2, 0.25) is 5.91 Å². The van der Waals surface area contributed by atoms with Crippen LogP contribution in [0.15, 0.2) is 40.3 Å². The molecular weight excluding hydrogens is 390 g/mol. The van der Waals surface area contributed by atoms with E-state index in [1.165, 1.54) is 11.8 Å². The van der Waals surface area contributed by atoms with Gasteiger partial charge >= 0.3 is 0 Å². The number of rotatable bonds is 2. The molecule has 2 heterocycles. The molecule has 0 radical (unpaired) electrons. The zero-order valence-corrected chi connectivity index (χ0v) is 18.0. The van der Waals surface area contributed by atoms with Gasteiger partial charge in [0.25, 0.3) is 5.91 Å². The van der Waals surface area contributed by atoms with Gasteiger partial charge in [-0.3, -0.25) is 14.4 Å². The Balaban J connectivity index is 1.59. The van der Waals surface area contributed by atoms with Gasteiger partial charge in [0.1, 0.15) is 11.5 Å². The van der Waals surface area contributed by atoms with Crippen molar-refractivity contribution in [2.75, 3.05) is 4.90 Å². The van der Waals surface area contributed by atoms with E-state index in [2.05, 4.69) is 0 Å². The molecule has 5 nitrogen and oxygen atoms in total. The van der Waals surface area contributed by atoms with Crippen molar-refractivity contribution in [2.24, 2.45) is 17.8 Å². The summed E-state index contributed by atoms with van der Waals surface area (Å²) in [5.74, 6) is 1.48. The van der Waals surface area contributed by atoms with Gasteiger partial charge in [-0.1, -0.05) is 12.1 Å². The molecule has 1 aromatic heterocycles. The second-order valence-electron chi connectivity index (χ2n) is 9.64. The first kappa shape index (κ1) is 18.8. The first-order valence-electron chi connectivity index (χ1n) is 11.2. The highest BCUT2D eigenvalue weighted by Gasteiger charge is 2.69. The predicted molar refractivity (Wildman–Crippen MR) is 116 cm³/mol. The van der Waals surface area contributed by atoms with E-state index in [9.17, 15) is 14.4 Å². The van der Waals surface area contributed by atoms with Crippen molar-refractivity contribution in [2.45, 2.75) is 51.9 Å². The number of fused-ring (bicyclic) bond motifs is 2. The van der Waals surface area contributed by atoms with E-state index in [-0.39, 0.29) is 17.6 Å². The molecule has 1 aliphatic heterocycles. The van der Waals surface area contributed by atoms with Crippen LogP contribution in [0, 0.1) is 24.7 Å². The van der Waals surface area contributed by atoms with Crippen molar-refractivity contribution in [1.29, 1.82) is 0 Å². The summed E-state index contributed by atoms with van der Waals surface area (Å²) in [6.45, 7) is 5.38. The Morgan fingerprint density at radius 2 is 1.74 bits per heavy atom. The number of benzene rings is 1. The lowest BCUT2D eigenvalue weighted by Gasteiger charge is -2.41. The fraction of sp³-hybridized carbons (Fsp3) is 0.423. The van der Waals surface area contributed by atoms with Gasteiger partial charge in [-0.2, -0.15) is 0 Å². The van der Waals surface area contributed by atoms with Gasteiger partial charge in [-0.05, 0) is 82.1 Å². The summed E-state index contributed by atoms with van der Waals surface area (Å²) in [6.07, 6.45) is 4.31. The summed E-state index contributed by atoms with van der Waals surface area (Å²) in [5.41, 5.74) is 3.05. The summed E-state index contributed by atoms with van der Waals surface area (Å²) in [6, 6.07) is 8.88. The van der Waals surface area contributed by atoms with E-state index in [1.54, 1.807) is 24.3 Å². The fourth-order valence-electron chi connectivity index (χ4n) is 7.14. The van der Waals surface area contributed by atoms with E-state index in [4.69, 9.17) is 4.42 Å². The lowest BCUT2D eigenvalue weighted by Crippen LogP contribution is -2.46. The SMILES string of the molecule is CC(=O)c1cccc(N2C(=O)C3=C(C)c4cc(C)oc4C4(C5CCC4CC5)C3C2=O)c1. The van der Waals surface area contributed by atoms with Gasteiger partial charge in [0, 0.05) is 16.7 Å². The van der Waals surface area contributed by atoms with Gasteiger partial charge < -0.3 is 4.42 Å². The normalized spacial score (nSPS) is 31.1. The number of ketones is 1. The Morgan fingerprint density at radius 1 is 1.06 bits per heavy atom. The van der Waals surface area contributed by atoms with Crippen LogP contribution in [0.4, 0.5) is 5.69 Å². The molecule has 3 fully saturated rings. The van der Waals surface area contributed by atoms with Crippen LogP contribution in [0.1, 0.15) is 67.0 Å². The maximum Gasteiger partial charge on any atom is 0.262 e. The summed E-state index contributed by atoms with van der Waals surface area (Å²) in [5, 5.41) is 0. The highest BCUT2D eigenvalue weighted by Crippen LogP contribution is 2.68. The van der Waals surface area contributed by atoms with E-state index >= 15 is 0 Å². The number of hydrogen-bond acceptors (Lipinski definition) is 4. The predicted octanol–water partition coefficient (Wildman–Crippen LogP) is 4.83. The van der Waals surface area contributed by atoms with Crippen LogP contribution in [-0.4, -0.2) is 17.6 Å². The third-order valence-electron chi connectivity index (χ3n) is 8.31. The monoisotopic (exact) mass is 415 g/mol. The number of nitrogens with zero attached hydrogens (tertiary/aromatic N) is 1. The number of carbonyl (C=O) groups excluding carboxylic acids is 3. The van der Waals surface area contributed by atoms with Crippen molar-refractivity contribution in [3.05, 3.63) is 58.6 Å². The Morgan fingerprint density at radius 3 is 2.39 bits per heavy atom. The lowest BCUT2D eigenvalue weighted by atomic mass is 9.59. The maximum absolute atomic E-state index is 14.0. The number of carbonyl (C=O) groups is 3. The molecule has 0 N–H and O–H groups in total. The number of amides is 2. The van der Waals surface area contributed by atoms with Gasteiger partial charge in [-0.25, -0.2) is 4.90 Å². The molecule has 5 heteroatoms. The molecule has 3 aliphatic carbocycles. The molecule has 1 saturated heterocycles. The first-order chi connectivity index (χ1) is 14.9. The topological polar surface area (TPSA) is 67.6 Å². The molecule has 1 aromatic carbocycles. The lowest BCUT2D eigenvalue weighted by molar-refractivity contribution is -0.124. The quantitative estimate of drug-likeness (QED) is 0.521. The van der Waals surface area contributed by atoms with Crippen molar-refractivity contribution < 1.29 is 18.8 Å². The molecule has 1 spiro atoms. The molecule has 2 aromatic rings. The smallest absolute Gasteiger partial charge is 0.262 e. The number of allylic oxidation sites excluding steroid dienone is 1. The summed E-state index contributed by atoms with van der Waals surface area (Å²) < 4.78 is 6.32. The second-order valence-corrected chi connectivity index (χ2v) is 9.64. The van der Waals surface area contributed by atoms with Gasteiger partial charge in [-0.15, -0.1) is 0 Å². The number of aryl methyl sites for hydroxylation is 1. The van der Waals surface area contributed by atoms with Crippen molar-refractivity contribution in [3.63, 3.8) is 0 Å². The van der Waals surface area contributed by atoms with Gasteiger partial charge in [0.05, 0.1) is 17.0 Å². The van der Waals surface area contributed by atoms with Crippen molar-refractivity contribution in [1.82, 2.24) is 0 Å². The standard InChI is InChI=1S/C26H25NO4/c1-13-11-20-14(2)21-22(26(23(20)31-13)17-7-8-18(26)10-9-17)25(30)27(24(21)29)19-6-4-5-16(12-19)15(3)28/h4-6,11-12,17-18,22H,7-10H2,1-3H3. The molecule has 31 heavy (non-hydrogen) atoms. The van der Waals surface area contributed by atoms with Crippen LogP contribution in [-0.2, 0) is 15.0 Å². The average Bonchev–Trinajstić information content (AvgIpc) is 3.47. The summed E-state index contributed by atoms with van der Waals surface area (Å²) in [4.78, 5) is 41.0. The molecule has 2 amide bonds. The Labute approximate surface area is 181 Å². The van der Waals surface area contributed by atoms with E-state index in [0.717, 1.165) is 48.3 Å². The van der Waals surface area contributed by atoms with Crippen molar-refractivity contribution in [3.8, 4) is 0 Å². The molecule has 2 saturated carbocycles.